The zero-order chi connectivity index (χ0) is 11.3. The maximum Gasteiger partial charge on any atom is 0.111 e. The van der Waals surface area contributed by atoms with Gasteiger partial charge in [-0.15, -0.1) is 0 Å². The molecule has 0 rings (SSSR count). The molecule has 86 valence electrons. The molecule has 0 heterocycles. The van der Waals surface area contributed by atoms with Gasteiger partial charge in [-0.2, -0.15) is 0 Å². The van der Waals surface area contributed by atoms with Crippen molar-refractivity contribution in [1.82, 2.24) is 0 Å². The lowest BCUT2D eigenvalue weighted by Gasteiger charge is -2.27. The van der Waals surface area contributed by atoms with E-state index in [4.69, 9.17) is 35.7 Å². The van der Waals surface area contributed by atoms with E-state index in [0.717, 1.165) is 0 Å². The van der Waals surface area contributed by atoms with E-state index in [1.54, 1.807) is 0 Å². The van der Waals surface area contributed by atoms with Gasteiger partial charge in [0.25, 0.3) is 0 Å². The fourth-order valence-corrected chi connectivity index (χ4v) is 0.873. The molecule has 7 heteroatoms. The molecule has 0 bridgehead atoms. The van der Waals surface area contributed by atoms with E-state index in [9.17, 15) is 0 Å². The second-order valence-corrected chi connectivity index (χ2v) is 2.97. The molecule has 0 saturated heterocycles. The van der Waals surface area contributed by atoms with Gasteiger partial charge < -0.3 is 35.7 Å². The van der Waals surface area contributed by atoms with Crippen LogP contribution in [-0.2, 0) is 0 Å². The van der Waals surface area contributed by atoms with Crippen molar-refractivity contribution in [2.75, 3.05) is 13.2 Å². The molecule has 0 aliphatic rings. The topological polar surface area (TPSA) is 142 Å². The molecule has 4 unspecified atom stereocenters. The SMILES string of the molecule is OCC(O)C(O)C(O)C(O)[C@@H](O)CO. The van der Waals surface area contributed by atoms with Crippen LogP contribution in [0.15, 0.2) is 0 Å². The van der Waals surface area contributed by atoms with E-state index in [1.165, 1.54) is 0 Å². The lowest BCUT2D eigenvalue weighted by molar-refractivity contribution is -0.145. The first kappa shape index (κ1) is 13.7. The Morgan fingerprint density at radius 3 is 1.07 bits per heavy atom. The molecule has 0 fully saturated rings. The highest BCUT2D eigenvalue weighted by Gasteiger charge is 2.33. The number of aliphatic hydroxyl groups excluding tert-OH is 7. The number of hydrogen-bond acceptors (Lipinski definition) is 7. The van der Waals surface area contributed by atoms with Gasteiger partial charge in [0.15, 0.2) is 0 Å². The Hall–Kier alpha value is -0.280. The third kappa shape index (κ3) is 3.46. The molecule has 0 aliphatic carbocycles. The van der Waals surface area contributed by atoms with Crippen molar-refractivity contribution >= 4 is 0 Å². The summed E-state index contributed by atoms with van der Waals surface area (Å²) in [6, 6.07) is 0. The fraction of sp³-hybridized carbons (Fsp3) is 1.00. The van der Waals surface area contributed by atoms with Crippen molar-refractivity contribution in [2.45, 2.75) is 30.5 Å². The lowest BCUT2D eigenvalue weighted by Crippen LogP contribution is -2.50. The molecule has 0 amide bonds. The average molecular weight is 212 g/mol. The highest BCUT2D eigenvalue weighted by atomic mass is 16.4. The van der Waals surface area contributed by atoms with Crippen molar-refractivity contribution in [3.05, 3.63) is 0 Å². The summed E-state index contributed by atoms with van der Waals surface area (Å²) in [5, 5.41) is 61.9. The molecule has 7 N–H and O–H groups in total. The van der Waals surface area contributed by atoms with Crippen LogP contribution in [0.3, 0.4) is 0 Å². The maximum atomic E-state index is 9.15. The van der Waals surface area contributed by atoms with Crippen LogP contribution < -0.4 is 0 Å². The van der Waals surface area contributed by atoms with Crippen LogP contribution >= 0.6 is 0 Å². The second-order valence-electron chi connectivity index (χ2n) is 2.97. The van der Waals surface area contributed by atoms with Crippen molar-refractivity contribution in [3.63, 3.8) is 0 Å². The largest absolute Gasteiger partial charge is 0.394 e. The Bertz CT molecular complexity index is 137. The molecule has 0 spiro atoms. The van der Waals surface area contributed by atoms with Crippen LogP contribution in [0.4, 0.5) is 0 Å². The smallest absolute Gasteiger partial charge is 0.111 e. The molecule has 14 heavy (non-hydrogen) atoms. The first-order valence-corrected chi connectivity index (χ1v) is 4.07. The minimum Gasteiger partial charge on any atom is -0.394 e. The fourth-order valence-electron chi connectivity index (χ4n) is 0.873. The third-order valence-electron chi connectivity index (χ3n) is 1.86. The predicted octanol–water partition coefficient (Wildman–Crippen LogP) is -4.22. The van der Waals surface area contributed by atoms with E-state index in [1.807, 2.05) is 0 Å². The summed E-state index contributed by atoms with van der Waals surface area (Å²) >= 11 is 0. The first-order chi connectivity index (χ1) is 6.45. The molecular formula is C7H16O7. The minimum atomic E-state index is -1.85. The summed E-state index contributed by atoms with van der Waals surface area (Å²) in [5.41, 5.74) is 0. The van der Waals surface area contributed by atoms with E-state index in [0.29, 0.717) is 0 Å². The van der Waals surface area contributed by atoms with Gasteiger partial charge in [-0.05, 0) is 0 Å². The van der Waals surface area contributed by atoms with Gasteiger partial charge in [-0.25, -0.2) is 0 Å². The quantitative estimate of drug-likeness (QED) is 0.236. The number of hydrogen-bond donors (Lipinski definition) is 7. The summed E-state index contributed by atoms with van der Waals surface area (Å²) < 4.78 is 0. The Morgan fingerprint density at radius 2 is 0.857 bits per heavy atom. The first-order valence-electron chi connectivity index (χ1n) is 4.07. The average Bonchev–Trinajstić information content (AvgIpc) is 2.23. The monoisotopic (exact) mass is 212 g/mol. The molecule has 0 aromatic rings. The summed E-state index contributed by atoms with van der Waals surface area (Å²) in [5.74, 6) is 0. The van der Waals surface area contributed by atoms with Crippen molar-refractivity contribution < 1.29 is 35.7 Å². The Balaban J connectivity index is 4.22. The highest BCUT2D eigenvalue weighted by molar-refractivity contribution is 4.84. The number of rotatable bonds is 6. The van der Waals surface area contributed by atoms with E-state index in [2.05, 4.69) is 0 Å². The molecular weight excluding hydrogens is 196 g/mol. The van der Waals surface area contributed by atoms with E-state index >= 15 is 0 Å². The molecule has 0 aromatic carbocycles. The van der Waals surface area contributed by atoms with Crippen LogP contribution in [0.2, 0.25) is 0 Å². The summed E-state index contributed by atoms with van der Waals surface area (Å²) in [6.45, 7) is -1.58. The highest BCUT2D eigenvalue weighted by Crippen LogP contribution is 2.07. The molecule has 7 nitrogen and oxygen atoms in total. The lowest BCUT2D eigenvalue weighted by atomic mass is 10.00. The van der Waals surface area contributed by atoms with Crippen molar-refractivity contribution in [1.29, 1.82) is 0 Å². The van der Waals surface area contributed by atoms with Gasteiger partial charge in [-0.1, -0.05) is 0 Å². The van der Waals surface area contributed by atoms with Crippen LogP contribution in [0.1, 0.15) is 0 Å². The van der Waals surface area contributed by atoms with Crippen LogP contribution in [-0.4, -0.2) is 79.5 Å². The van der Waals surface area contributed by atoms with Gasteiger partial charge in [0.1, 0.15) is 30.5 Å². The van der Waals surface area contributed by atoms with Gasteiger partial charge in [-0.3, -0.25) is 0 Å². The predicted molar refractivity (Wildman–Crippen MR) is 44.2 cm³/mol. The molecule has 0 saturated carbocycles. The second kappa shape index (κ2) is 6.25. The van der Waals surface area contributed by atoms with Crippen molar-refractivity contribution in [2.24, 2.45) is 0 Å². The Morgan fingerprint density at radius 1 is 0.571 bits per heavy atom. The summed E-state index contributed by atoms with van der Waals surface area (Å²) in [7, 11) is 0. The maximum absolute atomic E-state index is 9.15. The summed E-state index contributed by atoms with van der Waals surface area (Å²) in [4.78, 5) is 0. The molecule has 0 radical (unpaired) electrons. The van der Waals surface area contributed by atoms with Crippen LogP contribution in [0.25, 0.3) is 0 Å². The van der Waals surface area contributed by atoms with Gasteiger partial charge in [0.05, 0.1) is 13.2 Å². The van der Waals surface area contributed by atoms with Crippen LogP contribution in [0, 0.1) is 0 Å². The standard InChI is InChI=1S/C7H16O7/c8-1-3(10)5(12)7(14)6(13)4(11)2-9/h3-14H,1-2H2/t3-,4?,5?,6?,7?/m0/s1. The normalized spacial score (nSPS) is 22.5. The minimum absolute atomic E-state index is 0.792. The van der Waals surface area contributed by atoms with E-state index < -0.39 is 43.7 Å². The Labute approximate surface area is 80.5 Å². The van der Waals surface area contributed by atoms with Gasteiger partial charge in [0.2, 0.25) is 0 Å². The van der Waals surface area contributed by atoms with Crippen molar-refractivity contribution in [3.8, 4) is 0 Å². The van der Waals surface area contributed by atoms with Gasteiger partial charge >= 0.3 is 0 Å². The zero-order valence-electron chi connectivity index (χ0n) is 7.43. The molecule has 5 atom stereocenters. The molecule has 0 aliphatic heterocycles. The Kier molecular flexibility index (Phi) is 6.12. The third-order valence-corrected chi connectivity index (χ3v) is 1.86. The zero-order valence-corrected chi connectivity index (χ0v) is 7.43. The molecule has 0 aromatic heterocycles. The van der Waals surface area contributed by atoms with E-state index in [-0.39, 0.29) is 0 Å². The number of aliphatic hydroxyl groups is 7. The summed E-state index contributed by atoms with van der Waals surface area (Å²) in [6.07, 6.45) is -8.68. The van der Waals surface area contributed by atoms with Crippen LogP contribution in [0.5, 0.6) is 0 Å². The van der Waals surface area contributed by atoms with Gasteiger partial charge in [0, 0.05) is 0 Å².